The van der Waals surface area contributed by atoms with Gasteiger partial charge in [-0.2, -0.15) is 4.98 Å². The number of nitrogens with one attached hydrogen (secondary N) is 1. The van der Waals surface area contributed by atoms with Crippen molar-refractivity contribution < 1.29 is 9.84 Å². The van der Waals surface area contributed by atoms with Crippen molar-refractivity contribution in [1.82, 2.24) is 19.5 Å². The van der Waals surface area contributed by atoms with Gasteiger partial charge in [0.1, 0.15) is 18.2 Å². The number of fused-ring (bicyclic) bond motifs is 1. The molecule has 1 aromatic carbocycles. The number of halogens is 1. The quantitative estimate of drug-likeness (QED) is 0.583. The summed E-state index contributed by atoms with van der Waals surface area (Å²) >= 11 is 5.85. The number of hydrogen-bond donors (Lipinski definition) is 3. The standard InChI is InChI=1S/C16H18ClN5O3/c17-10-3-5-11(6-4-10)25-9-7-22-12(2-1-8-23)19-14-13(22)15(24)21-16(18)20-14/h3-6,23H,1-2,7-9H2,(H3,18,20,21,24). The minimum atomic E-state index is -0.350. The molecule has 0 amide bonds. The van der Waals surface area contributed by atoms with Crippen molar-refractivity contribution >= 4 is 28.7 Å². The van der Waals surface area contributed by atoms with Crippen LogP contribution in [0.3, 0.4) is 0 Å². The molecular formula is C16H18ClN5O3. The van der Waals surface area contributed by atoms with Crippen LogP contribution < -0.4 is 16.0 Å². The third-order valence-corrected chi connectivity index (χ3v) is 3.92. The van der Waals surface area contributed by atoms with E-state index in [-0.39, 0.29) is 18.1 Å². The smallest absolute Gasteiger partial charge is 0.278 e. The number of hydrogen-bond acceptors (Lipinski definition) is 6. The van der Waals surface area contributed by atoms with Gasteiger partial charge in [0.2, 0.25) is 5.95 Å². The van der Waals surface area contributed by atoms with E-state index in [9.17, 15) is 4.79 Å². The normalized spacial score (nSPS) is 11.1. The van der Waals surface area contributed by atoms with Crippen LogP contribution in [0.4, 0.5) is 5.95 Å². The topological polar surface area (TPSA) is 119 Å². The highest BCUT2D eigenvalue weighted by atomic mass is 35.5. The lowest BCUT2D eigenvalue weighted by Gasteiger charge is -2.10. The van der Waals surface area contributed by atoms with Crippen molar-refractivity contribution in [2.75, 3.05) is 18.9 Å². The molecule has 0 aliphatic rings. The SMILES string of the molecule is Nc1nc2nc(CCCO)n(CCOc3ccc(Cl)cc3)c2c(=O)[nH]1. The fourth-order valence-corrected chi connectivity index (χ4v) is 2.69. The molecule has 0 saturated heterocycles. The van der Waals surface area contributed by atoms with Crippen molar-refractivity contribution in [3.63, 3.8) is 0 Å². The van der Waals surface area contributed by atoms with E-state index in [2.05, 4.69) is 15.0 Å². The second-order valence-electron chi connectivity index (χ2n) is 5.43. The fraction of sp³-hybridized carbons (Fsp3) is 0.312. The molecular weight excluding hydrogens is 346 g/mol. The zero-order valence-corrected chi connectivity index (χ0v) is 14.2. The molecule has 0 bridgehead atoms. The Balaban J connectivity index is 1.84. The van der Waals surface area contributed by atoms with Gasteiger partial charge in [0, 0.05) is 18.1 Å². The second-order valence-corrected chi connectivity index (χ2v) is 5.87. The maximum Gasteiger partial charge on any atom is 0.278 e. The van der Waals surface area contributed by atoms with Gasteiger partial charge < -0.3 is 20.1 Å². The van der Waals surface area contributed by atoms with Crippen LogP contribution in [-0.2, 0) is 13.0 Å². The largest absolute Gasteiger partial charge is 0.492 e. The van der Waals surface area contributed by atoms with E-state index < -0.39 is 0 Å². The average molecular weight is 364 g/mol. The minimum Gasteiger partial charge on any atom is -0.492 e. The van der Waals surface area contributed by atoms with Gasteiger partial charge in [0.25, 0.3) is 5.56 Å². The molecule has 0 radical (unpaired) electrons. The number of nitrogens with two attached hydrogens (primary N) is 1. The van der Waals surface area contributed by atoms with Gasteiger partial charge >= 0.3 is 0 Å². The van der Waals surface area contributed by atoms with Crippen molar-refractivity contribution in [2.45, 2.75) is 19.4 Å². The number of ether oxygens (including phenoxy) is 1. The van der Waals surface area contributed by atoms with E-state index >= 15 is 0 Å². The summed E-state index contributed by atoms with van der Waals surface area (Å²) in [5, 5.41) is 9.70. The molecule has 9 heteroatoms. The van der Waals surface area contributed by atoms with E-state index in [1.807, 2.05) is 0 Å². The Bertz CT molecular complexity index is 920. The van der Waals surface area contributed by atoms with Crippen molar-refractivity contribution in [3.8, 4) is 5.75 Å². The first-order chi connectivity index (χ1) is 12.1. The third-order valence-electron chi connectivity index (χ3n) is 3.67. The number of aryl methyl sites for hydroxylation is 1. The summed E-state index contributed by atoms with van der Waals surface area (Å²) in [4.78, 5) is 23.2. The Kier molecular flexibility index (Phi) is 5.20. The number of aromatic amines is 1. The Hall–Kier alpha value is -2.58. The molecule has 0 aliphatic heterocycles. The van der Waals surface area contributed by atoms with Crippen LogP contribution in [0, 0.1) is 0 Å². The average Bonchev–Trinajstić information content (AvgIpc) is 2.92. The van der Waals surface area contributed by atoms with E-state index in [1.165, 1.54) is 0 Å². The van der Waals surface area contributed by atoms with Gasteiger partial charge in [-0.3, -0.25) is 9.78 Å². The molecule has 2 heterocycles. The molecule has 2 aromatic heterocycles. The Labute approximate surface area is 148 Å². The molecule has 0 aliphatic carbocycles. The molecule has 132 valence electrons. The lowest BCUT2D eigenvalue weighted by Crippen LogP contribution is -2.18. The van der Waals surface area contributed by atoms with Gasteiger partial charge in [0.05, 0.1) is 6.54 Å². The predicted octanol–water partition coefficient (Wildman–Crippen LogP) is 1.36. The molecule has 0 spiro atoms. The van der Waals surface area contributed by atoms with Gasteiger partial charge in [-0.25, -0.2) is 4.98 Å². The molecule has 3 aromatic rings. The number of H-pyrrole nitrogens is 1. The first-order valence-electron chi connectivity index (χ1n) is 7.82. The minimum absolute atomic E-state index is 0.0215. The lowest BCUT2D eigenvalue weighted by molar-refractivity contribution is 0.283. The Morgan fingerprint density at radius 3 is 2.76 bits per heavy atom. The van der Waals surface area contributed by atoms with E-state index in [0.717, 1.165) is 0 Å². The summed E-state index contributed by atoms with van der Waals surface area (Å²) in [6.07, 6.45) is 1.06. The number of aliphatic hydroxyl groups excluding tert-OH is 1. The van der Waals surface area contributed by atoms with Crippen LogP contribution in [0.25, 0.3) is 11.2 Å². The number of rotatable bonds is 7. The number of nitrogen functional groups attached to an aromatic ring is 1. The molecule has 4 N–H and O–H groups in total. The van der Waals surface area contributed by atoms with Crippen LogP contribution >= 0.6 is 11.6 Å². The summed E-state index contributed by atoms with van der Waals surface area (Å²) in [5.74, 6) is 1.36. The van der Waals surface area contributed by atoms with E-state index in [4.69, 9.17) is 27.2 Å². The molecule has 0 atom stereocenters. The summed E-state index contributed by atoms with van der Waals surface area (Å²) in [7, 11) is 0. The molecule has 0 unspecified atom stereocenters. The lowest BCUT2D eigenvalue weighted by atomic mass is 10.3. The first-order valence-corrected chi connectivity index (χ1v) is 8.20. The summed E-state index contributed by atoms with van der Waals surface area (Å²) < 4.78 is 7.45. The molecule has 8 nitrogen and oxygen atoms in total. The van der Waals surface area contributed by atoms with Crippen LogP contribution in [0.2, 0.25) is 5.02 Å². The second kappa shape index (κ2) is 7.54. The zero-order valence-electron chi connectivity index (χ0n) is 13.4. The van der Waals surface area contributed by atoms with Gasteiger partial charge in [-0.15, -0.1) is 0 Å². The van der Waals surface area contributed by atoms with Gasteiger partial charge in [-0.05, 0) is 30.7 Å². The highest BCUT2D eigenvalue weighted by molar-refractivity contribution is 6.30. The molecule has 25 heavy (non-hydrogen) atoms. The number of anilines is 1. The molecule has 3 rings (SSSR count). The van der Waals surface area contributed by atoms with Crippen LogP contribution in [0.1, 0.15) is 12.2 Å². The first kappa shape index (κ1) is 17.2. The summed E-state index contributed by atoms with van der Waals surface area (Å²) in [6, 6.07) is 7.04. The number of aliphatic hydroxyl groups is 1. The molecule has 0 saturated carbocycles. The maximum absolute atomic E-state index is 12.2. The van der Waals surface area contributed by atoms with Crippen LogP contribution in [0.15, 0.2) is 29.1 Å². The Morgan fingerprint density at radius 1 is 1.28 bits per heavy atom. The number of benzene rings is 1. The predicted molar refractivity (Wildman–Crippen MR) is 94.9 cm³/mol. The van der Waals surface area contributed by atoms with E-state index in [1.54, 1.807) is 28.8 Å². The monoisotopic (exact) mass is 363 g/mol. The highest BCUT2D eigenvalue weighted by Crippen LogP contribution is 2.17. The van der Waals surface area contributed by atoms with Crippen molar-refractivity contribution in [1.29, 1.82) is 0 Å². The van der Waals surface area contributed by atoms with Gasteiger partial charge in [0.15, 0.2) is 11.2 Å². The third kappa shape index (κ3) is 3.92. The Morgan fingerprint density at radius 2 is 2.04 bits per heavy atom. The van der Waals surface area contributed by atoms with Crippen molar-refractivity contribution in [2.24, 2.45) is 0 Å². The van der Waals surface area contributed by atoms with Gasteiger partial charge in [-0.1, -0.05) is 11.6 Å². The van der Waals surface area contributed by atoms with Crippen molar-refractivity contribution in [3.05, 3.63) is 45.5 Å². The fourth-order valence-electron chi connectivity index (χ4n) is 2.56. The van der Waals surface area contributed by atoms with E-state index in [0.29, 0.717) is 53.8 Å². The number of aromatic nitrogens is 4. The van der Waals surface area contributed by atoms with Crippen LogP contribution in [0.5, 0.6) is 5.75 Å². The van der Waals surface area contributed by atoms with Crippen LogP contribution in [-0.4, -0.2) is 37.8 Å². The zero-order chi connectivity index (χ0) is 17.8. The summed E-state index contributed by atoms with van der Waals surface area (Å²) in [6.45, 7) is 0.786. The molecule has 0 fully saturated rings. The maximum atomic E-state index is 12.2. The highest BCUT2D eigenvalue weighted by Gasteiger charge is 2.15. The number of nitrogens with zero attached hydrogens (tertiary/aromatic N) is 3. The number of imidazole rings is 1. The summed E-state index contributed by atoms with van der Waals surface area (Å²) in [5.41, 5.74) is 5.87.